The van der Waals surface area contributed by atoms with Crippen LogP contribution < -0.4 is 11.1 Å². The first-order chi connectivity index (χ1) is 10.1. The Morgan fingerprint density at radius 3 is 2.86 bits per heavy atom. The van der Waals surface area contributed by atoms with E-state index in [9.17, 15) is 4.79 Å². The molecule has 0 spiro atoms. The minimum atomic E-state index is -0.174. The zero-order chi connectivity index (χ0) is 15.2. The maximum absolute atomic E-state index is 12.2. The van der Waals surface area contributed by atoms with Crippen LogP contribution in [0.2, 0.25) is 5.02 Å². The fourth-order valence-electron chi connectivity index (χ4n) is 2.60. The van der Waals surface area contributed by atoms with Crippen LogP contribution in [0.15, 0.2) is 24.3 Å². The Kier molecular flexibility index (Phi) is 5.99. The van der Waals surface area contributed by atoms with Crippen molar-refractivity contribution < 1.29 is 9.53 Å². The first-order valence-electron chi connectivity index (χ1n) is 7.11. The van der Waals surface area contributed by atoms with Gasteiger partial charge in [-0.3, -0.25) is 9.69 Å². The summed E-state index contributed by atoms with van der Waals surface area (Å²) in [6.45, 7) is 2.47. The Labute approximate surface area is 130 Å². The van der Waals surface area contributed by atoms with Crippen LogP contribution >= 0.6 is 11.6 Å². The molecule has 1 amide bonds. The number of nitrogens with two attached hydrogens (primary N) is 1. The van der Waals surface area contributed by atoms with Gasteiger partial charge in [-0.2, -0.15) is 0 Å². The van der Waals surface area contributed by atoms with Crippen LogP contribution in [0, 0.1) is 0 Å². The lowest BCUT2D eigenvalue weighted by Gasteiger charge is -2.23. The van der Waals surface area contributed by atoms with Gasteiger partial charge >= 0.3 is 0 Å². The number of nitrogens with zero attached hydrogens (tertiary/aromatic N) is 1. The van der Waals surface area contributed by atoms with Crippen molar-refractivity contribution in [1.29, 1.82) is 0 Å². The number of methoxy groups -OCH3 is 1. The Balaban J connectivity index is 1.96. The molecular weight excluding hydrogens is 290 g/mol. The average molecular weight is 312 g/mol. The summed E-state index contributed by atoms with van der Waals surface area (Å²) in [6.07, 6.45) is 0.687. The topological polar surface area (TPSA) is 67.6 Å². The Hall–Kier alpha value is -1.14. The minimum absolute atomic E-state index is 0.0222. The molecule has 1 fully saturated rings. The number of amides is 1. The second-order valence-electron chi connectivity index (χ2n) is 5.35. The number of benzene rings is 1. The van der Waals surface area contributed by atoms with E-state index in [4.69, 9.17) is 22.1 Å². The number of hydrogen-bond donors (Lipinski definition) is 2. The molecule has 0 unspecified atom stereocenters. The third kappa shape index (κ3) is 4.68. The first kappa shape index (κ1) is 16.2. The molecule has 1 aliphatic rings. The third-order valence-electron chi connectivity index (χ3n) is 3.64. The average Bonchev–Trinajstić information content (AvgIpc) is 2.82. The molecule has 0 bridgehead atoms. The quantitative estimate of drug-likeness (QED) is 0.769. The number of nitrogens with one attached hydrogen (secondary N) is 1. The highest BCUT2D eigenvalue weighted by atomic mass is 35.5. The molecule has 0 aromatic heterocycles. The van der Waals surface area contributed by atoms with Gasteiger partial charge in [-0.15, -0.1) is 0 Å². The van der Waals surface area contributed by atoms with Gasteiger partial charge < -0.3 is 15.8 Å². The zero-order valence-corrected chi connectivity index (χ0v) is 13.0. The predicted molar refractivity (Wildman–Crippen MR) is 83.1 cm³/mol. The summed E-state index contributed by atoms with van der Waals surface area (Å²) >= 11 is 5.89. The molecule has 0 radical (unpaired) electrons. The van der Waals surface area contributed by atoms with E-state index in [0.717, 1.165) is 12.1 Å². The molecule has 0 saturated carbocycles. The normalized spacial score (nSPS) is 22.4. The summed E-state index contributed by atoms with van der Waals surface area (Å²) in [7, 11) is 1.62. The van der Waals surface area contributed by atoms with Crippen LogP contribution in [0.5, 0.6) is 0 Å². The SMILES string of the molecule is COCCNC(=O)[C@@H]1C[C@@H](N)CN1Cc1ccc(Cl)cc1. The summed E-state index contributed by atoms with van der Waals surface area (Å²) < 4.78 is 4.94. The van der Waals surface area contributed by atoms with Crippen molar-refractivity contribution >= 4 is 17.5 Å². The minimum Gasteiger partial charge on any atom is -0.383 e. The van der Waals surface area contributed by atoms with Crippen molar-refractivity contribution in [2.75, 3.05) is 26.8 Å². The van der Waals surface area contributed by atoms with Crippen LogP contribution in [0.25, 0.3) is 0 Å². The smallest absolute Gasteiger partial charge is 0.237 e. The molecule has 1 saturated heterocycles. The van der Waals surface area contributed by atoms with Gasteiger partial charge in [0, 0.05) is 37.8 Å². The fourth-order valence-corrected chi connectivity index (χ4v) is 2.73. The molecule has 1 heterocycles. The highest BCUT2D eigenvalue weighted by molar-refractivity contribution is 6.30. The van der Waals surface area contributed by atoms with E-state index >= 15 is 0 Å². The van der Waals surface area contributed by atoms with Gasteiger partial charge in [0.15, 0.2) is 0 Å². The van der Waals surface area contributed by atoms with Crippen molar-refractivity contribution in [1.82, 2.24) is 10.2 Å². The van der Waals surface area contributed by atoms with Crippen LogP contribution in [-0.4, -0.2) is 49.7 Å². The van der Waals surface area contributed by atoms with E-state index in [-0.39, 0.29) is 18.0 Å². The Morgan fingerprint density at radius 2 is 2.19 bits per heavy atom. The van der Waals surface area contributed by atoms with E-state index in [1.807, 2.05) is 24.3 Å². The number of hydrogen-bond acceptors (Lipinski definition) is 4. The molecule has 3 N–H and O–H groups in total. The van der Waals surface area contributed by atoms with Gasteiger partial charge in [-0.1, -0.05) is 23.7 Å². The lowest BCUT2D eigenvalue weighted by Crippen LogP contribution is -2.43. The molecule has 2 rings (SSSR count). The Morgan fingerprint density at radius 1 is 1.48 bits per heavy atom. The van der Waals surface area contributed by atoms with Crippen molar-refractivity contribution in [2.45, 2.75) is 25.0 Å². The molecular formula is C15H22ClN3O2. The molecule has 6 heteroatoms. The second kappa shape index (κ2) is 7.75. The molecule has 116 valence electrons. The standard InChI is InChI=1S/C15H22ClN3O2/c1-21-7-6-18-15(20)14-8-13(17)10-19(14)9-11-2-4-12(16)5-3-11/h2-5,13-14H,6-10,17H2,1H3,(H,18,20)/t13-,14+/m1/s1. The second-order valence-corrected chi connectivity index (χ2v) is 5.79. The number of likely N-dealkylation sites (tertiary alicyclic amines) is 1. The number of ether oxygens (including phenoxy) is 1. The van der Waals surface area contributed by atoms with Gasteiger partial charge in [0.1, 0.15) is 0 Å². The lowest BCUT2D eigenvalue weighted by atomic mass is 10.1. The summed E-state index contributed by atoms with van der Waals surface area (Å²) in [4.78, 5) is 14.4. The highest BCUT2D eigenvalue weighted by Crippen LogP contribution is 2.20. The zero-order valence-electron chi connectivity index (χ0n) is 12.2. The van der Waals surface area contributed by atoms with E-state index in [0.29, 0.717) is 31.1 Å². The molecule has 21 heavy (non-hydrogen) atoms. The monoisotopic (exact) mass is 311 g/mol. The molecule has 5 nitrogen and oxygen atoms in total. The molecule has 1 aliphatic heterocycles. The largest absolute Gasteiger partial charge is 0.383 e. The number of carbonyl (C=O) groups is 1. The van der Waals surface area contributed by atoms with Crippen molar-refractivity contribution in [2.24, 2.45) is 5.73 Å². The summed E-state index contributed by atoms with van der Waals surface area (Å²) in [5.74, 6) is 0.0222. The summed E-state index contributed by atoms with van der Waals surface area (Å²) in [5.41, 5.74) is 7.15. The number of rotatable bonds is 6. The van der Waals surface area contributed by atoms with Gasteiger partial charge in [0.2, 0.25) is 5.91 Å². The van der Waals surface area contributed by atoms with Gasteiger partial charge in [-0.05, 0) is 24.1 Å². The van der Waals surface area contributed by atoms with Crippen LogP contribution in [0.4, 0.5) is 0 Å². The molecule has 1 aromatic rings. The number of carbonyl (C=O) groups excluding carboxylic acids is 1. The van der Waals surface area contributed by atoms with Crippen molar-refractivity contribution in [3.05, 3.63) is 34.9 Å². The summed E-state index contributed by atoms with van der Waals surface area (Å²) in [6, 6.07) is 7.54. The van der Waals surface area contributed by atoms with Gasteiger partial charge in [0.05, 0.1) is 12.6 Å². The van der Waals surface area contributed by atoms with Crippen molar-refractivity contribution in [3.63, 3.8) is 0 Å². The Bertz CT molecular complexity index is 466. The van der Waals surface area contributed by atoms with E-state index in [1.54, 1.807) is 7.11 Å². The third-order valence-corrected chi connectivity index (χ3v) is 3.89. The lowest BCUT2D eigenvalue weighted by molar-refractivity contribution is -0.125. The van der Waals surface area contributed by atoms with Crippen LogP contribution in [0.1, 0.15) is 12.0 Å². The first-order valence-corrected chi connectivity index (χ1v) is 7.48. The summed E-state index contributed by atoms with van der Waals surface area (Å²) in [5, 5.41) is 3.60. The predicted octanol–water partition coefficient (Wildman–Crippen LogP) is 1.00. The van der Waals surface area contributed by atoms with Gasteiger partial charge in [-0.25, -0.2) is 0 Å². The van der Waals surface area contributed by atoms with Crippen LogP contribution in [0.3, 0.4) is 0 Å². The van der Waals surface area contributed by atoms with E-state index < -0.39 is 0 Å². The van der Waals surface area contributed by atoms with E-state index in [2.05, 4.69) is 10.2 Å². The molecule has 0 aliphatic carbocycles. The van der Waals surface area contributed by atoms with Crippen molar-refractivity contribution in [3.8, 4) is 0 Å². The van der Waals surface area contributed by atoms with Crippen LogP contribution in [-0.2, 0) is 16.1 Å². The number of halogens is 1. The molecule has 2 atom stereocenters. The fraction of sp³-hybridized carbons (Fsp3) is 0.533. The maximum atomic E-state index is 12.2. The molecule has 1 aromatic carbocycles. The highest BCUT2D eigenvalue weighted by Gasteiger charge is 2.34. The van der Waals surface area contributed by atoms with E-state index in [1.165, 1.54) is 0 Å². The van der Waals surface area contributed by atoms with Gasteiger partial charge in [0.25, 0.3) is 0 Å². The maximum Gasteiger partial charge on any atom is 0.237 e.